The zero-order valence-electron chi connectivity index (χ0n) is 11.9. The van der Waals surface area contributed by atoms with Gasteiger partial charge in [0.15, 0.2) is 0 Å². The fourth-order valence-electron chi connectivity index (χ4n) is 2.65. The molecule has 0 aromatic carbocycles. The average molecular weight is 258 g/mol. The Bertz CT molecular complexity index is 187. The van der Waals surface area contributed by atoms with E-state index in [0.29, 0.717) is 0 Å². The van der Waals surface area contributed by atoms with Gasteiger partial charge in [0.2, 0.25) is 0 Å². The Morgan fingerprint density at radius 2 is 2.18 bits per heavy atom. The maximum absolute atomic E-state index is 3.41. The van der Waals surface area contributed by atoms with Crippen molar-refractivity contribution in [2.75, 3.05) is 32.4 Å². The quantitative estimate of drug-likeness (QED) is 0.707. The van der Waals surface area contributed by atoms with E-state index in [4.69, 9.17) is 0 Å². The Morgan fingerprint density at radius 3 is 2.88 bits per heavy atom. The molecule has 2 atom stereocenters. The third-order valence-electron chi connectivity index (χ3n) is 3.89. The molecule has 2 unspecified atom stereocenters. The third-order valence-corrected chi connectivity index (χ3v) is 5.03. The Hall–Kier alpha value is 0.270. The number of hydrogen-bond donors (Lipinski definition) is 1. The van der Waals surface area contributed by atoms with Gasteiger partial charge in [-0.25, -0.2) is 0 Å². The highest BCUT2D eigenvalue weighted by atomic mass is 32.2. The van der Waals surface area contributed by atoms with Crippen LogP contribution in [0.3, 0.4) is 0 Å². The van der Waals surface area contributed by atoms with Crippen LogP contribution < -0.4 is 5.32 Å². The lowest BCUT2D eigenvalue weighted by Crippen LogP contribution is -2.34. The number of nitrogens with zero attached hydrogens (tertiary/aromatic N) is 1. The largest absolute Gasteiger partial charge is 0.317 e. The summed E-state index contributed by atoms with van der Waals surface area (Å²) >= 11 is 2.06. The zero-order chi connectivity index (χ0) is 12.5. The maximum Gasteiger partial charge on any atom is 0.00674 e. The van der Waals surface area contributed by atoms with Gasteiger partial charge in [0.05, 0.1) is 0 Å². The lowest BCUT2D eigenvalue weighted by molar-refractivity contribution is 0.205. The fourth-order valence-corrected chi connectivity index (χ4v) is 3.39. The summed E-state index contributed by atoms with van der Waals surface area (Å²) in [6, 6.07) is 0.772. The normalized spacial score (nSPS) is 24.5. The van der Waals surface area contributed by atoms with Crippen LogP contribution in [0.2, 0.25) is 0 Å². The van der Waals surface area contributed by atoms with Gasteiger partial charge >= 0.3 is 0 Å². The number of likely N-dealkylation sites (tertiary alicyclic amines) is 1. The Morgan fingerprint density at radius 1 is 1.35 bits per heavy atom. The van der Waals surface area contributed by atoms with Crippen LogP contribution in [0.4, 0.5) is 0 Å². The summed E-state index contributed by atoms with van der Waals surface area (Å²) in [6.45, 7) is 9.51. The molecule has 1 aliphatic rings. The van der Waals surface area contributed by atoms with Crippen LogP contribution in [-0.4, -0.2) is 48.6 Å². The van der Waals surface area contributed by atoms with Gasteiger partial charge in [0.1, 0.15) is 0 Å². The molecular weight excluding hydrogens is 228 g/mol. The first-order valence-electron chi connectivity index (χ1n) is 7.25. The summed E-state index contributed by atoms with van der Waals surface area (Å²) in [6.07, 6.45) is 9.12. The minimum atomic E-state index is 0.772. The first-order valence-corrected chi connectivity index (χ1v) is 8.54. The van der Waals surface area contributed by atoms with Crippen molar-refractivity contribution in [2.24, 2.45) is 0 Å². The molecular formula is C14H30N2S. The first-order chi connectivity index (χ1) is 8.27. The van der Waals surface area contributed by atoms with Crippen molar-refractivity contribution in [2.45, 2.75) is 57.2 Å². The molecule has 0 radical (unpaired) electrons. The molecule has 0 bridgehead atoms. The molecule has 1 N–H and O–H groups in total. The lowest BCUT2D eigenvalue weighted by atomic mass is 10.1. The SMILES string of the molecule is CCNCCCC(C)N1CCCC(SC)CC1. The molecule has 1 saturated heterocycles. The molecule has 1 aliphatic heterocycles. The number of nitrogens with one attached hydrogen (secondary N) is 1. The van der Waals surface area contributed by atoms with Crippen LogP contribution in [0.15, 0.2) is 0 Å². The fraction of sp³-hybridized carbons (Fsp3) is 1.00. The number of thioether (sulfide) groups is 1. The van der Waals surface area contributed by atoms with Crippen molar-refractivity contribution in [3.63, 3.8) is 0 Å². The minimum absolute atomic E-state index is 0.772. The summed E-state index contributed by atoms with van der Waals surface area (Å²) in [5.41, 5.74) is 0. The molecule has 0 saturated carbocycles. The Labute approximate surface area is 112 Å². The third kappa shape index (κ3) is 6.12. The molecule has 0 spiro atoms. The molecule has 102 valence electrons. The molecule has 0 aromatic heterocycles. The standard InChI is InChI=1S/C14H30N2S/c1-4-15-10-5-7-13(2)16-11-6-8-14(17-3)9-12-16/h13-15H,4-12H2,1-3H3. The minimum Gasteiger partial charge on any atom is -0.317 e. The van der Waals surface area contributed by atoms with Crippen molar-refractivity contribution < 1.29 is 0 Å². The van der Waals surface area contributed by atoms with Gasteiger partial charge in [0, 0.05) is 11.3 Å². The monoisotopic (exact) mass is 258 g/mol. The molecule has 1 heterocycles. The first kappa shape index (κ1) is 15.3. The zero-order valence-corrected chi connectivity index (χ0v) is 12.7. The maximum atomic E-state index is 3.41. The van der Waals surface area contributed by atoms with Crippen molar-refractivity contribution >= 4 is 11.8 Å². The number of hydrogen-bond acceptors (Lipinski definition) is 3. The molecule has 2 nitrogen and oxygen atoms in total. The smallest absolute Gasteiger partial charge is 0.00674 e. The van der Waals surface area contributed by atoms with Gasteiger partial charge in [-0.2, -0.15) is 11.8 Å². The second-order valence-corrected chi connectivity index (χ2v) is 6.31. The molecule has 3 heteroatoms. The lowest BCUT2D eigenvalue weighted by Gasteiger charge is -2.27. The van der Waals surface area contributed by atoms with Crippen LogP contribution in [-0.2, 0) is 0 Å². The highest BCUT2D eigenvalue weighted by molar-refractivity contribution is 7.99. The van der Waals surface area contributed by atoms with E-state index in [-0.39, 0.29) is 0 Å². The van der Waals surface area contributed by atoms with E-state index in [1.165, 1.54) is 51.7 Å². The summed E-state index contributed by atoms with van der Waals surface area (Å²) in [5.74, 6) is 0. The summed E-state index contributed by atoms with van der Waals surface area (Å²) < 4.78 is 0. The second kappa shape index (κ2) is 9.23. The topological polar surface area (TPSA) is 15.3 Å². The van der Waals surface area contributed by atoms with Crippen LogP contribution in [0.25, 0.3) is 0 Å². The van der Waals surface area contributed by atoms with Gasteiger partial charge in [-0.05, 0) is 71.5 Å². The molecule has 1 rings (SSSR count). The molecule has 1 fully saturated rings. The van der Waals surface area contributed by atoms with E-state index < -0.39 is 0 Å². The predicted octanol–water partition coefficient (Wildman–Crippen LogP) is 2.98. The highest BCUT2D eigenvalue weighted by Gasteiger charge is 2.19. The Kier molecular flexibility index (Phi) is 8.33. The van der Waals surface area contributed by atoms with Crippen molar-refractivity contribution in [3.05, 3.63) is 0 Å². The van der Waals surface area contributed by atoms with Crippen molar-refractivity contribution in [3.8, 4) is 0 Å². The van der Waals surface area contributed by atoms with Crippen LogP contribution in [0, 0.1) is 0 Å². The van der Waals surface area contributed by atoms with E-state index in [9.17, 15) is 0 Å². The van der Waals surface area contributed by atoms with Crippen LogP contribution >= 0.6 is 11.8 Å². The summed E-state index contributed by atoms with van der Waals surface area (Å²) in [7, 11) is 0. The second-order valence-electron chi connectivity index (χ2n) is 5.17. The van der Waals surface area contributed by atoms with Gasteiger partial charge < -0.3 is 10.2 Å². The highest BCUT2D eigenvalue weighted by Crippen LogP contribution is 2.22. The van der Waals surface area contributed by atoms with E-state index in [1.54, 1.807) is 0 Å². The van der Waals surface area contributed by atoms with Crippen molar-refractivity contribution in [1.82, 2.24) is 10.2 Å². The van der Waals surface area contributed by atoms with Gasteiger partial charge in [-0.3, -0.25) is 0 Å². The molecule has 0 aromatic rings. The van der Waals surface area contributed by atoms with Gasteiger partial charge in [-0.1, -0.05) is 6.92 Å². The van der Waals surface area contributed by atoms with E-state index >= 15 is 0 Å². The predicted molar refractivity (Wildman–Crippen MR) is 80.0 cm³/mol. The summed E-state index contributed by atoms with van der Waals surface area (Å²) in [5, 5.41) is 4.32. The van der Waals surface area contributed by atoms with E-state index in [2.05, 4.69) is 42.1 Å². The molecule has 0 aliphatic carbocycles. The molecule has 0 amide bonds. The van der Waals surface area contributed by atoms with E-state index in [0.717, 1.165) is 17.8 Å². The molecule has 17 heavy (non-hydrogen) atoms. The average Bonchev–Trinajstić information content (AvgIpc) is 2.59. The van der Waals surface area contributed by atoms with Crippen LogP contribution in [0.1, 0.15) is 46.0 Å². The van der Waals surface area contributed by atoms with Gasteiger partial charge in [0.25, 0.3) is 0 Å². The summed E-state index contributed by atoms with van der Waals surface area (Å²) in [4.78, 5) is 2.71. The van der Waals surface area contributed by atoms with Crippen LogP contribution in [0.5, 0.6) is 0 Å². The van der Waals surface area contributed by atoms with Crippen molar-refractivity contribution in [1.29, 1.82) is 0 Å². The van der Waals surface area contributed by atoms with E-state index in [1.807, 2.05) is 0 Å². The number of rotatable bonds is 7. The van der Waals surface area contributed by atoms with Gasteiger partial charge in [-0.15, -0.1) is 0 Å². The Balaban J connectivity index is 2.19.